The second-order valence-corrected chi connectivity index (χ2v) is 9.16. The molecular formula is C22H30O. The van der Waals surface area contributed by atoms with Crippen LogP contribution in [0.1, 0.15) is 65.7 Å². The second kappa shape index (κ2) is 4.71. The van der Waals surface area contributed by atoms with Crippen LogP contribution in [-0.2, 0) is 4.79 Å². The summed E-state index contributed by atoms with van der Waals surface area (Å²) in [6.45, 7) is 11.5. The first kappa shape index (κ1) is 15.4. The predicted octanol–water partition coefficient (Wildman–Crippen LogP) is 5.63. The number of rotatable bonds is 1. The number of carbonyl (C=O) groups is 1. The molecule has 0 bridgehead atoms. The Morgan fingerprint density at radius 1 is 1.17 bits per heavy atom. The molecule has 0 aromatic carbocycles. The molecule has 0 spiro atoms. The summed E-state index contributed by atoms with van der Waals surface area (Å²) in [5.41, 5.74) is 3.91. The number of fused-ring (bicyclic) bond motifs is 5. The van der Waals surface area contributed by atoms with Crippen LogP contribution in [0.4, 0.5) is 0 Å². The normalized spacial score (nSPS) is 48.7. The topological polar surface area (TPSA) is 17.1 Å². The lowest BCUT2D eigenvalue weighted by Crippen LogP contribution is -2.46. The van der Waals surface area contributed by atoms with E-state index in [1.54, 1.807) is 5.57 Å². The van der Waals surface area contributed by atoms with Crippen molar-refractivity contribution < 1.29 is 4.79 Å². The maximum atomic E-state index is 11.9. The Hall–Kier alpha value is -1.11. The lowest BCUT2D eigenvalue weighted by atomic mass is 9.49. The van der Waals surface area contributed by atoms with Crippen LogP contribution in [0, 0.1) is 28.1 Å². The van der Waals surface area contributed by atoms with E-state index >= 15 is 0 Å². The first-order valence-corrected chi connectivity index (χ1v) is 9.42. The zero-order valence-corrected chi connectivity index (χ0v) is 15.0. The van der Waals surface area contributed by atoms with Crippen molar-refractivity contribution in [2.45, 2.75) is 65.7 Å². The summed E-state index contributed by atoms with van der Waals surface area (Å²) in [7, 11) is 0. The molecule has 0 saturated heterocycles. The Balaban J connectivity index is 1.77. The fraction of sp³-hybridized carbons (Fsp3) is 0.682. The zero-order chi connectivity index (χ0) is 16.5. The zero-order valence-electron chi connectivity index (χ0n) is 15.0. The van der Waals surface area contributed by atoms with Crippen molar-refractivity contribution in [3.8, 4) is 0 Å². The van der Waals surface area contributed by atoms with E-state index in [0.717, 1.165) is 31.1 Å². The fourth-order valence-electron chi connectivity index (χ4n) is 6.48. The third-order valence-corrected chi connectivity index (χ3v) is 8.46. The lowest BCUT2D eigenvalue weighted by Gasteiger charge is -2.55. The Morgan fingerprint density at radius 2 is 1.96 bits per heavy atom. The standard InChI is InChI=1S/C22H30O/c1-5-20(2)11-9-19-17-7-6-15-14-16(23)8-12-21(15,3)18(17)10-13-22(19,20)4/h5,10,14,17,19H,1,6-9,11-13H2,2-4H3/t17?,19-,20?,21-,22-/m0/s1. The Bertz CT molecular complexity index is 638. The van der Waals surface area contributed by atoms with Crippen LogP contribution in [0.15, 0.2) is 36.0 Å². The van der Waals surface area contributed by atoms with Crippen molar-refractivity contribution in [1.82, 2.24) is 0 Å². The lowest BCUT2D eigenvalue weighted by molar-refractivity contribution is -0.115. The molecule has 2 saturated carbocycles. The molecule has 4 aliphatic rings. The van der Waals surface area contributed by atoms with Gasteiger partial charge in [-0.3, -0.25) is 4.79 Å². The van der Waals surface area contributed by atoms with Gasteiger partial charge in [0.05, 0.1) is 0 Å². The van der Waals surface area contributed by atoms with Gasteiger partial charge in [-0.2, -0.15) is 0 Å². The van der Waals surface area contributed by atoms with E-state index < -0.39 is 0 Å². The average molecular weight is 310 g/mol. The summed E-state index contributed by atoms with van der Waals surface area (Å²) in [6.07, 6.45) is 14.7. The smallest absolute Gasteiger partial charge is 0.155 e. The minimum absolute atomic E-state index is 0.172. The van der Waals surface area contributed by atoms with Gasteiger partial charge in [0, 0.05) is 11.8 Å². The molecule has 0 N–H and O–H groups in total. The molecule has 2 fully saturated rings. The van der Waals surface area contributed by atoms with Crippen LogP contribution in [0.2, 0.25) is 0 Å². The molecule has 0 heterocycles. The van der Waals surface area contributed by atoms with E-state index in [9.17, 15) is 4.79 Å². The summed E-state index contributed by atoms with van der Waals surface area (Å²) >= 11 is 0. The van der Waals surface area contributed by atoms with Gasteiger partial charge in [0.15, 0.2) is 5.78 Å². The SMILES string of the molecule is C=CC1(C)CC[C@H]2C3CCC4=CC(=O)CC[C@]4(C)C3=CC[C@@]21C. The van der Waals surface area contributed by atoms with Gasteiger partial charge in [0.2, 0.25) is 0 Å². The third kappa shape index (κ3) is 1.83. The van der Waals surface area contributed by atoms with Crippen LogP contribution in [0.3, 0.4) is 0 Å². The van der Waals surface area contributed by atoms with Crippen molar-refractivity contribution in [2.24, 2.45) is 28.1 Å². The van der Waals surface area contributed by atoms with Crippen molar-refractivity contribution in [2.75, 3.05) is 0 Å². The van der Waals surface area contributed by atoms with Crippen molar-refractivity contribution >= 4 is 5.78 Å². The quantitative estimate of drug-likeness (QED) is 0.574. The summed E-state index contributed by atoms with van der Waals surface area (Å²) in [5.74, 6) is 1.87. The molecule has 0 amide bonds. The number of hydrogen-bond donors (Lipinski definition) is 0. The molecule has 0 aromatic heterocycles. The van der Waals surface area contributed by atoms with Crippen molar-refractivity contribution in [3.63, 3.8) is 0 Å². The van der Waals surface area contributed by atoms with Gasteiger partial charge in [-0.05, 0) is 67.3 Å². The van der Waals surface area contributed by atoms with Gasteiger partial charge < -0.3 is 0 Å². The Morgan fingerprint density at radius 3 is 2.70 bits per heavy atom. The second-order valence-electron chi connectivity index (χ2n) is 9.16. The van der Waals surface area contributed by atoms with Gasteiger partial charge >= 0.3 is 0 Å². The van der Waals surface area contributed by atoms with Crippen LogP contribution in [-0.4, -0.2) is 5.78 Å². The summed E-state index contributed by atoms with van der Waals surface area (Å²) in [4.78, 5) is 11.9. The molecule has 0 aromatic rings. The van der Waals surface area contributed by atoms with E-state index in [2.05, 4.69) is 39.5 Å². The third-order valence-electron chi connectivity index (χ3n) is 8.46. The molecule has 0 radical (unpaired) electrons. The number of ketones is 1. The van der Waals surface area contributed by atoms with Crippen molar-refractivity contribution in [3.05, 3.63) is 36.0 Å². The van der Waals surface area contributed by atoms with Crippen LogP contribution < -0.4 is 0 Å². The Kier molecular flexibility index (Phi) is 3.16. The fourth-order valence-corrected chi connectivity index (χ4v) is 6.48. The molecule has 124 valence electrons. The number of carbonyl (C=O) groups excluding carboxylic acids is 1. The highest BCUT2D eigenvalue weighted by Gasteiger charge is 2.59. The van der Waals surface area contributed by atoms with Gasteiger partial charge in [-0.25, -0.2) is 0 Å². The highest BCUT2D eigenvalue weighted by atomic mass is 16.1. The monoisotopic (exact) mass is 310 g/mol. The summed E-state index contributed by atoms with van der Waals surface area (Å²) in [5, 5.41) is 0. The van der Waals surface area contributed by atoms with E-state index in [1.165, 1.54) is 31.3 Å². The van der Waals surface area contributed by atoms with Crippen LogP contribution in [0.5, 0.6) is 0 Å². The molecule has 0 aliphatic heterocycles. The number of allylic oxidation sites excluding steroid dienone is 5. The molecule has 5 atom stereocenters. The van der Waals surface area contributed by atoms with E-state index in [4.69, 9.17) is 0 Å². The molecule has 4 aliphatic carbocycles. The molecule has 4 rings (SSSR count). The predicted molar refractivity (Wildman–Crippen MR) is 95.0 cm³/mol. The van der Waals surface area contributed by atoms with E-state index in [1.807, 2.05) is 6.08 Å². The minimum atomic E-state index is 0.172. The summed E-state index contributed by atoms with van der Waals surface area (Å²) < 4.78 is 0. The molecule has 1 nitrogen and oxygen atoms in total. The van der Waals surface area contributed by atoms with Gasteiger partial charge in [0.1, 0.15) is 0 Å². The minimum Gasteiger partial charge on any atom is -0.295 e. The van der Waals surface area contributed by atoms with Gasteiger partial charge in [-0.15, -0.1) is 6.58 Å². The van der Waals surface area contributed by atoms with Crippen LogP contribution >= 0.6 is 0 Å². The highest BCUT2D eigenvalue weighted by molar-refractivity contribution is 5.92. The molecule has 23 heavy (non-hydrogen) atoms. The largest absolute Gasteiger partial charge is 0.295 e. The average Bonchev–Trinajstić information content (AvgIpc) is 2.80. The molecule has 2 unspecified atom stereocenters. The maximum absolute atomic E-state index is 11.9. The van der Waals surface area contributed by atoms with Gasteiger partial charge in [0.25, 0.3) is 0 Å². The summed E-state index contributed by atoms with van der Waals surface area (Å²) in [6, 6.07) is 0. The Labute approximate surface area is 140 Å². The van der Waals surface area contributed by atoms with Gasteiger partial charge in [-0.1, -0.05) is 44.1 Å². The highest BCUT2D eigenvalue weighted by Crippen LogP contribution is 2.68. The number of hydrogen-bond acceptors (Lipinski definition) is 1. The first-order chi connectivity index (χ1) is 10.8. The van der Waals surface area contributed by atoms with E-state index in [0.29, 0.717) is 11.2 Å². The molecular weight excluding hydrogens is 280 g/mol. The first-order valence-electron chi connectivity index (χ1n) is 9.42. The van der Waals surface area contributed by atoms with E-state index in [-0.39, 0.29) is 10.8 Å². The maximum Gasteiger partial charge on any atom is 0.155 e. The van der Waals surface area contributed by atoms with Crippen LogP contribution in [0.25, 0.3) is 0 Å². The van der Waals surface area contributed by atoms with Crippen molar-refractivity contribution in [1.29, 1.82) is 0 Å². The molecule has 1 heteroatoms.